The summed E-state index contributed by atoms with van der Waals surface area (Å²) >= 11 is 0. The molecular weight excluding hydrogens is 406 g/mol. The van der Waals surface area contributed by atoms with Crippen molar-refractivity contribution in [3.63, 3.8) is 0 Å². The largest absolute Gasteiger partial charge is 0.494 e. The van der Waals surface area contributed by atoms with Gasteiger partial charge in [-0.15, -0.1) is 15.3 Å². The third kappa shape index (κ3) is 3.49. The Kier molecular flexibility index (Phi) is 5.08. The van der Waals surface area contributed by atoms with Crippen molar-refractivity contribution in [2.45, 2.75) is 46.0 Å². The van der Waals surface area contributed by atoms with Crippen molar-refractivity contribution < 1.29 is 9.53 Å². The van der Waals surface area contributed by atoms with E-state index in [1.807, 2.05) is 50.2 Å². The molecule has 32 heavy (non-hydrogen) atoms. The fourth-order valence-electron chi connectivity index (χ4n) is 4.13. The summed E-state index contributed by atoms with van der Waals surface area (Å²) in [4.78, 5) is 12.6. The number of amides is 1. The minimum atomic E-state index is -0.0856. The van der Waals surface area contributed by atoms with Crippen LogP contribution in [-0.4, -0.2) is 42.1 Å². The predicted octanol–water partition coefficient (Wildman–Crippen LogP) is 3.58. The van der Waals surface area contributed by atoms with E-state index in [4.69, 9.17) is 9.84 Å². The molecule has 0 radical (unpaired) electrons. The Labute approximate surface area is 185 Å². The lowest BCUT2D eigenvalue weighted by Gasteiger charge is -2.24. The van der Waals surface area contributed by atoms with Crippen LogP contribution in [0.15, 0.2) is 36.4 Å². The van der Waals surface area contributed by atoms with Gasteiger partial charge in [0.15, 0.2) is 17.3 Å². The van der Waals surface area contributed by atoms with Gasteiger partial charge in [-0.2, -0.15) is 14.3 Å². The van der Waals surface area contributed by atoms with Crippen molar-refractivity contribution in [3.05, 3.63) is 59.0 Å². The van der Waals surface area contributed by atoms with Gasteiger partial charge >= 0.3 is 0 Å². The molecule has 0 saturated carbocycles. The Morgan fingerprint density at radius 1 is 1.09 bits per heavy atom. The number of aryl methyl sites for hydroxylation is 2. The minimum absolute atomic E-state index is 0.0477. The Hall–Kier alpha value is -3.75. The maximum Gasteiger partial charge on any atom is 0.226 e. The van der Waals surface area contributed by atoms with E-state index in [1.54, 1.807) is 9.20 Å². The Morgan fingerprint density at radius 3 is 2.69 bits per heavy atom. The van der Waals surface area contributed by atoms with Crippen molar-refractivity contribution in [2.75, 3.05) is 11.9 Å². The molecule has 164 valence electrons. The predicted molar refractivity (Wildman–Crippen MR) is 119 cm³/mol. The normalized spacial score (nSPS) is 15.6. The van der Waals surface area contributed by atoms with Crippen LogP contribution in [0.1, 0.15) is 54.7 Å². The molecule has 0 bridgehead atoms. The molecule has 0 aliphatic carbocycles. The first-order chi connectivity index (χ1) is 15.5. The van der Waals surface area contributed by atoms with Gasteiger partial charge in [0.2, 0.25) is 5.91 Å². The summed E-state index contributed by atoms with van der Waals surface area (Å²) in [6.45, 7) is 6.65. The fraction of sp³-hybridized carbons (Fsp3) is 0.348. The van der Waals surface area contributed by atoms with Gasteiger partial charge in [0.1, 0.15) is 11.6 Å². The first-order valence-electron chi connectivity index (χ1n) is 10.9. The van der Waals surface area contributed by atoms with Crippen LogP contribution >= 0.6 is 0 Å². The number of nitrogens with one attached hydrogen (secondary N) is 1. The van der Waals surface area contributed by atoms with Gasteiger partial charge < -0.3 is 10.1 Å². The fourth-order valence-corrected chi connectivity index (χ4v) is 4.13. The molecule has 3 aromatic heterocycles. The second-order valence-electron chi connectivity index (χ2n) is 8.04. The van der Waals surface area contributed by atoms with Crippen LogP contribution in [0.5, 0.6) is 5.75 Å². The van der Waals surface area contributed by atoms with E-state index in [0.29, 0.717) is 36.1 Å². The van der Waals surface area contributed by atoms with Gasteiger partial charge in [0.05, 0.1) is 12.3 Å². The Morgan fingerprint density at radius 2 is 1.91 bits per heavy atom. The molecule has 5 rings (SSSR count). The van der Waals surface area contributed by atoms with Crippen LogP contribution in [0.4, 0.5) is 5.82 Å². The van der Waals surface area contributed by atoms with Gasteiger partial charge in [0, 0.05) is 17.9 Å². The first-order valence-corrected chi connectivity index (χ1v) is 10.9. The lowest BCUT2D eigenvalue weighted by atomic mass is 9.86. The maximum atomic E-state index is 12.6. The monoisotopic (exact) mass is 431 g/mol. The number of benzene rings is 1. The van der Waals surface area contributed by atoms with Crippen LogP contribution in [0.2, 0.25) is 0 Å². The van der Waals surface area contributed by atoms with Crippen molar-refractivity contribution >= 4 is 17.4 Å². The first kappa shape index (κ1) is 20.2. The van der Waals surface area contributed by atoms with E-state index < -0.39 is 0 Å². The van der Waals surface area contributed by atoms with Crippen molar-refractivity contribution in [1.29, 1.82) is 0 Å². The van der Waals surface area contributed by atoms with Gasteiger partial charge in [-0.25, -0.2) is 0 Å². The average Bonchev–Trinajstić information content (AvgIpc) is 3.33. The van der Waals surface area contributed by atoms with E-state index in [2.05, 4.69) is 27.5 Å². The van der Waals surface area contributed by atoms with Gasteiger partial charge in [0.25, 0.3) is 0 Å². The number of hydrogen-bond acceptors (Lipinski definition) is 6. The molecule has 4 heterocycles. The molecule has 1 aromatic carbocycles. The van der Waals surface area contributed by atoms with Crippen LogP contribution in [-0.2, 0) is 4.79 Å². The van der Waals surface area contributed by atoms with Gasteiger partial charge in [-0.1, -0.05) is 25.5 Å². The van der Waals surface area contributed by atoms with Crippen molar-refractivity contribution in [1.82, 2.24) is 29.6 Å². The van der Waals surface area contributed by atoms with Crippen LogP contribution in [0, 0.1) is 13.8 Å². The highest BCUT2D eigenvalue weighted by atomic mass is 16.5. The molecule has 1 aliphatic heterocycles. The molecule has 0 spiro atoms. The molecule has 1 unspecified atom stereocenters. The van der Waals surface area contributed by atoms with Gasteiger partial charge in [-0.3, -0.25) is 4.79 Å². The van der Waals surface area contributed by atoms with E-state index in [9.17, 15) is 4.79 Å². The third-order valence-corrected chi connectivity index (χ3v) is 5.77. The quantitative estimate of drug-likeness (QED) is 0.469. The molecule has 4 aromatic rings. The zero-order valence-electron chi connectivity index (χ0n) is 18.4. The number of fused-ring (bicyclic) bond motifs is 2. The summed E-state index contributed by atoms with van der Waals surface area (Å²) in [6, 6.07) is 11.7. The molecule has 9 nitrogen and oxygen atoms in total. The molecule has 0 saturated heterocycles. The smallest absolute Gasteiger partial charge is 0.226 e. The number of carbonyl (C=O) groups excluding carboxylic acids is 1. The maximum absolute atomic E-state index is 12.6. The molecular formula is C23H25N7O2. The van der Waals surface area contributed by atoms with Crippen molar-refractivity contribution in [2.24, 2.45) is 0 Å². The molecule has 1 aliphatic rings. The SMILES string of the molecule is CCCCOc1ccc(C2CC(=O)Nc3c2c(C)nn3-c2ccc3nnc(C)n3n2)cc1. The average molecular weight is 432 g/mol. The van der Waals surface area contributed by atoms with Crippen LogP contribution in [0.25, 0.3) is 11.5 Å². The summed E-state index contributed by atoms with van der Waals surface area (Å²) < 4.78 is 9.14. The third-order valence-electron chi connectivity index (χ3n) is 5.77. The van der Waals surface area contributed by atoms with E-state index in [1.165, 1.54) is 0 Å². The number of rotatable bonds is 6. The summed E-state index contributed by atoms with van der Waals surface area (Å²) in [5.41, 5.74) is 3.58. The molecule has 0 fully saturated rings. The Bertz CT molecular complexity index is 1290. The summed E-state index contributed by atoms with van der Waals surface area (Å²) in [5.74, 6) is 2.64. The highest BCUT2D eigenvalue weighted by Crippen LogP contribution is 2.40. The number of aromatic nitrogens is 6. The molecule has 1 N–H and O–H groups in total. The lowest BCUT2D eigenvalue weighted by Crippen LogP contribution is -2.25. The number of carbonyl (C=O) groups is 1. The molecule has 1 amide bonds. The van der Waals surface area contributed by atoms with Crippen molar-refractivity contribution in [3.8, 4) is 11.6 Å². The summed E-state index contributed by atoms with van der Waals surface area (Å²) in [5, 5.41) is 20.5. The Balaban J connectivity index is 1.52. The number of nitrogens with zero attached hydrogens (tertiary/aromatic N) is 6. The minimum Gasteiger partial charge on any atom is -0.494 e. The molecule has 1 atom stereocenters. The highest BCUT2D eigenvalue weighted by Gasteiger charge is 2.33. The number of ether oxygens (including phenoxy) is 1. The van der Waals surface area contributed by atoms with Crippen LogP contribution < -0.4 is 10.1 Å². The van der Waals surface area contributed by atoms with E-state index >= 15 is 0 Å². The summed E-state index contributed by atoms with van der Waals surface area (Å²) in [7, 11) is 0. The number of anilines is 1. The lowest BCUT2D eigenvalue weighted by molar-refractivity contribution is -0.116. The number of hydrogen-bond donors (Lipinski definition) is 1. The van der Waals surface area contributed by atoms with E-state index in [0.717, 1.165) is 35.4 Å². The summed E-state index contributed by atoms with van der Waals surface area (Å²) in [6.07, 6.45) is 2.49. The second-order valence-corrected chi connectivity index (χ2v) is 8.04. The van der Waals surface area contributed by atoms with Gasteiger partial charge in [-0.05, 0) is 50.1 Å². The zero-order valence-corrected chi connectivity index (χ0v) is 18.4. The molecule has 9 heteroatoms. The topological polar surface area (TPSA) is 99.2 Å². The van der Waals surface area contributed by atoms with Crippen LogP contribution in [0.3, 0.4) is 0 Å². The standard InChI is InChI=1S/C23H25N7O2/c1-4-5-12-32-17-8-6-16(7-9-17)18-13-21(31)24-23-22(18)14(2)27-30(23)20-11-10-19-26-25-15(3)29(19)28-20/h6-11,18H,4-5,12-13H2,1-3H3,(H,24,31). The highest BCUT2D eigenvalue weighted by molar-refractivity contribution is 5.95. The number of unbranched alkanes of at least 4 members (excludes halogenated alkanes) is 1. The van der Waals surface area contributed by atoms with E-state index in [-0.39, 0.29) is 11.8 Å². The second kappa shape index (κ2) is 8.07. The zero-order chi connectivity index (χ0) is 22.2.